The van der Waals surface area contributed by atoms with E-state index in [1.54, 1.807) is 18.3 Å². The first-order valence-electron chi connectivity index (χ1n) is 6.59. The highest BCUT2D eigenvalue weighted by Crippen LogP contribution is 2.33. The lowest BCUT2D eigenvalue weighted by molar-refractivity contribution is 0.632. The van der Waals surface area contributed by atoms with Gasteiger partial charge < -0.3 is 5.73 Å². The molecule has 0 saturated carbocycles. The van der Waals surface area contributed by atoms with Crippen LogP contribution in [0.5, 0.6) is 0 Å². The SMILES string of the molecule is CCc1nc(N)ccc1-c1c(F)ccc2cc(Br)cnc12.Cl. The average molecular weight is 383 g/mol. The molecule has 0 spiro atoms. The fourth-order valence-electron chi connectivity index (χ4n) is 2.42. The van der Waals surface area contributed by atoms with Crippen LogP contribution >= 0.6 is 28.3 Å². The Morgan fingerprint density at radius 2 is 2.00 bits per heavy atom. The van der Waals surface area contributed by atoms with Crippen LogP contribution in [-0.2, 0) is 6.42 Å². The van der Waals surface area contributed by atoms with Crippen molar-refractivity contribution in [3.05, 3.63) is 52.5 Å². The Morgan fingerprint density at radius 1 is 1.23 bits per heavy atom. The predicted molar refractivity (Wildman–Crippen MR) is 93.7 cm³/mol. The van der Waals surface area contributed by atoms with Crippen molar-refractivity contribution in [3.8, 4) is 11.1 Å². The van der Waals surface area contributed by atoms with E-state index in [1.807, 2.05) is 19.1 Å². The number of nitrogens with two attached hydrogens (primary N) is 1. The van der Waals surface area contributed by atoms with Crippen LogP contribution in [-0.4, -0.2) is 9.97 Å². The molecule has 0 aliphatic rings. The van der Waals surface area contributed by atoms with E-state index in [4.69, 9.17) is 5.73 Å². The number of halogens is 3. The monoisotopic (exact) mass is 381 g/mol. The molecule has 0 bridgehead atoms. The summed E-state index contributed by atoms with van der Waals surface area (Å²) in [5.41, 5.74) is 8.34. The standard InChI is InChI=1S/C16H13BrFN3.ClH/c1-2-13-11(4-6-14(19)21-13)15-12(18)5-3-9-7-10(17)8-20-16(9)15;/h3-8H,2H2,1H3,(H2,19,21);1H. The number of nitrogen functional groups attached to an aromatic ring is 1. The summed E-state index contributed by atoms with van der Waals surface area (Å²) in [4.78, 5) is 8.68. The third-order valence-electron chi connectivity index (χ3n) is 3.37. The minimum Gasteiger partial charge on any atom is -0.384 e. The fraction of sp³-hybridized carbons (Fsp3) is 0.125. The number of fused-ring (bicyclic) bond motifs is 1. The maximum absolute atomic E-state index is 14.4. The maximum atomic E-state index is 14.4. The molecule has 3 aromatic rings. The molecule has 2 aromatic heterocycles. The van der Waals surface area contributed by atoms with E-state index in [-0.39, 0.29) is 18.2 Å². The number of aromatic nitrogens is 2. The van der Waals surface area contributed by atoms with Crippen molar-refractivity contribution in [3.63, 3.8) is 0 Å². The van der Waals surface area contributed by atoms with Crippen LogP contribution in [0.15, 0.2) is 41.0 Å². The Morgan fingerprint density at radius 3 is 2.73 bits per heavy atom. The number of aryl methyl sites for hydroxylation is 1. The minimum absolute atomic E-state index is 0. The summed E-state index contributed by atoms with van der Waals surface area (Å²) >= 11 is 3.38. The van der Waals surface area contributed by atoms with Gasteiger partial charge in [-0.3, -0.25) is 4.98 Å². The van der Waals surface area contributed by atoms with Gasteiger partial charge in [0.05, 0.1) is 11.2 Å². The molecular weight excluding hydrogens is 369 g/mol. The topological polar surface area (TPSA) is 51.8 Å². The molecule has 3 nitrogen and oxygen atoms in total. The molecule has 114 valence electrons. The number of pyridine rings is 2. The summed E-state index contributed by atoms with van der Waals surface area (Å²) in [6.07, 6.45) is 2.34. The largest absolute Gasteiger partial charge is 0.384 e. The van der Waals surface area contributed by atoms with Crippen LogP contribution in [0.3, 0.4) is 0 Å². The smallest absolute Gasteiger partial charge is 0.133 e. The van der Waals surface area contributed by atoms with Gasteiger partial charge in [-0.25, -0.2) is 9.37 Å². The van der Waals surface area contributed by atoms with Crippen molar-refractivity contribution < 1.29 is 4.39 Å². The number of nitrogens with zero attached hydrogens (tertiary/aromatic N) is 2. The van der Waals surface area contributed by atoms with Gasteiger partial charge in [-0.15, -0.1) is 12.4 Å². The second-order valence-electron chi connectivity index (χ2n) is 4.73. The molecule has 3 rings (SSSR count). The zero-order valence-corrected chi connectivity index (χ0v) is 14.2. The molecule has 1 aromatic carbocycles. The van der Waals surface area contributed by atoms with E-state index in [0.717, 1.165) is 21.1 Å². The van der Waals surface area contributed by atoms with Gasteiger partial charge >= 0.3 is 0 Å². The van der Waals surface area contributed by atoms with Gasteiger partial charge in [0, 0.05) is 27.2 Å². The van der Waals surface area contributed by atoms with E-state index in [2.05, 4.69) is 25.9 Å². The van der Waals surface area contributed by atoms with Gasteiger partial charge in [0.1, 0.15) is 11.6 Å². The second-order valence-corrected chi connectivity index (χ2v) is 5.65. The summed E-state index contributed by atoms with van der Waals surface area (Å²) in [6, 6.07) is 8.60. The summed E-state index contributed by atoms with van der Waals surface area (Å²) in [7, 11) is 0. The highest BCUT2D eigenvalue weighted by molar-refractivity contribution is 9.10. The van der Waals surface area contributed by atoms with Crippen LogP contribution < -0.4 is 5.73 Å². The van der Waals surface area contributed by atoms with E-state index in [0.29, 0.717) is 23.3 Å². The molecule has 0 radical (unpaired) electrons. The van der Waals surface area contributed by atoms with Crippen LogP contribution in [0, 0.1) is 5.82 Å². The summed E-state index contributed by atoms with van der Waals surface area (Å²) in [5, 5.41) is 0.875. The van der Waals surface area contributed by atoms with Gasteiger partial charge in [0.2, 0.25) is 0 Å². The molecule has 0 saturated heterocycles. The predicted octanol–water partition coefficient (Wildman–Crippen LogP) is 4.76. The summed E-state index contributed by atoms with van der Waals surface area (Å²) in [5.74, 6) is 0.130. The normalized spacial score (nSPS) is 10.5. The third kappa shape index (κ3) is 2.91. The lowest BCUT2D eigenvalue weighted by Gasteiger charge is -2.12. The summed E-state index contributed by atoms with van der Waals surface area (Å²) < 4.78 is 15.3. The van der Waals surface area contributed by atoms with Crippen molar-refractivity contribution in [2.75, 3.05) is 5.73 Å². The van der Waals surface area contributed by atoms with E-state index in [1.165, 1.54) is 6.07 Å². The third-order valence-corrected chi connectivity index (χ3v) is 3.80. The number of rotatable bonds is 2. The second kappa shape index (κ2) is 6.58. The van der Waals surface area contributed by atoms with Crippen LogP contribution in [0.2, 0.25) is 0 Å². The number of benzene rings is 1. The Bertz CT molecular complexity index is 839. The molecule has 2 N–H and O–H groups in total. The van der Waals surface area contributed by atoms with E-state index < -0.39 is 0 Å². The summed E-state index contributed by atoms with van der Waals surface area (Å²) in [6.45, 7) is 1.97. The van der Waals surface area contributed by atoms with Crippen LogP contribution in [0.1, 0.15) is 12.6 Å². The van der Waals surface area contributed by atoms with Crippen molar-refractivity contribution in [2.45, 2.75) is 13.3 Å². The zero-order valence-electron chi connectivity index (χ0n) is 11.8. The van der Waals surface area contributed by atoms with Gasteiger partial charge in [0.25, 0.3) is 0 Å². The lowest BCUT2D eigenvalue weighted by atomic mass is 9.99. The van der Waals surface area contributed by atoms with Gasteiger partial charge in [-0.1, -0.05) is 6.92 Å². The molecule has 2 heterocycles. The minimum atomic E-state index is -0.307. The van der Waals surface area contributed by atoms with Crippen molar-refractivity contribution in [2.24, 2.45) is 0 Å². The highest BCUT2D eigenvalue weighted by atomic mass is 79.9. The number of hydrogen-bond donors (Lipinski definition) is 1. The van der Waals surface area contributed by atoms with Crippen molar-refractivity contribution in [1.82, 2.24) is 9.97 Å². The average Bonchev–Trinajstić information content (AvgIpc) is 2.48. The zero-order chi connectivity index (χ0) is 15.0. The first kappa shape index (κ1) is 16.6. The lowest BCUT2D eigenvalue weighted by Crippen LogP contribution is -1.99. The Hall–Kier alpha value is -1.72. The first-order valence-corrected chi connectivity index (χ1v) is 7.39. The molecule has 0 unspecified atom stereocenters. The molecule has 0 fully saturated rings. The molecule has 22 heavy (non-hydrogen) atoms. The fourth-order valence-corrected chi connectivity index (χ4v) is 2.77. The Balaban J connectivity index is 0.00000176. The Kier molecular flexibility index (Phi) is 4.98. The Labute approximate surface area is 142 Å². The van der Waals surface area contributed by atoms with Gasteiger partial charge in [-0.2, -0.15) is 0 Å². The molecule has 0 aliphatic carbocycles. The first-order chi connectivity index (χ1) is 10.1. The molecular formula is C16H14BrClFN3. The molecule has 0 atom stereocenters. The van der Waals surface area contributed by atoms with E-state index >= 15 is 0 Å². The molecule has 0 amide bonds. The van der Waals surface area contributed by atoms with Crippen molar-refractivity contribution in [1.29, 1.82) is 0 Å². The molecule has 6 heteroatoms. The number of anilines is 1. The quantitative estimate of drug-likeness (QED) is 0.695. The van der Waals surface area contributed by atoms with E-state index in [9.17, 15) is 4.39 Å². The maximum Gasteiger partial charge on any atom is 0.133 e. The van der Waals surface area contributed by atoms with Gasteiger partial charge in [0.15, 0.2) is 0 Å². The number of hydrogen-bond acceptors (Lipinski definition) is 3. The molecule has 0 aliphatic heterocycles. The highest BCUT2D eigenvalue weighted by Gasteiger charge is 2.15. The van der Waals surface area contributed by atoms with Crippen molar-refractivity contribution >= 4 is 45.1 Å². The van der Waals surface area contributed by atoms with Crippen LogP contribution in [0.4, 0.5) is 10.2 Å². The van der Waals surface area contributed by atoms with Crippen LogP contribution in [0.25, 0.3) is 22.0 Å². The van der Waals surface area contributed by atoms with Gasteiger partial charge in [-0.05, 0) is 52.7 Å².